The highest BCUT2D eigenvalue weighted by molar-refractivity contribution is 5.83. The molecule has 2 unspecified atom stereocenters. The minimum absolute atomic E-state index is 0.0117. The normalized spacial score (nSPS) is 20.5. The molecule has 1 amide bonds. The molecule has 2 rings (SSSR count). The van der Waals surface area contributed by atoms with E-state index in [1.165, 1.54) is 19.3 Å². The summed E-state index contributed by atoms with van der Waals surface area (Å²) < 4.78 is 1.86. The standard InChI is InChI=1S/C20H36N4O/c1-8-17-10-9-11-24(12-17)20(5,6)13-21-19(25)14(2)18-15(3)22-23(7)16(18)4/h14,17H,8-13H2,1-7H3,(H,21,25). The van der Waals surface area contributed by atoms with Crippen molar-refractivity contribution >= 4 is 5.91 Å². The SMILES string of the molecule is CCC1CCCN(C(C)(C)CNC(=O)C(C)c2c(C)nn(C)c2C)C1. The van der Waals surface area contributed by atoms with Crippen LogP contribution in [0.2, 0.25) is 0 Å². The van der Waals surface area contributed by atoms with Crippen LogP contribution in [0.25, 0.3) is 0 Å². The van der Waals surface area contributed by atoms with E-state index < -0.39 is 0 Å². The van der Waals surface area contributed by atoms with Gasteiger partial charge in [0.1, 0.15) is 0 Å². The highest BCUT2D eigenvalue weighted by Gasteiger charge is 2.32. The van der Waals surface area contributed by atoms with Gasteiger partial charge in [0.2, 0.25) is 5.91 Å². The average molecular weight is 349 g/mol. The molecule has 1 aromatic heterocycles. The molecule has 0 radical (unpaired) electrons. The molecule has 2 heterocycles. The molecule has 0 bridgehead atoms. The van der Waals surface area contributed by atoms with E-state index in [9.17, 15) is 4.79 Å². The minimum atomic E-state index is -0.172. The molecule has 1 aliphatic rings. The van der Waals surface area contributed by atoms with E-state index in [-0.39, 0.29) is 17.4 Å². The summed E-state index contributed by atoms with van der Waals surface area (Å²) in [6, 6.07) is 0. The van der Waals surface area contributed by atoms with Gasteiger partial charge < -0.3 is 5.32 Å². The van der Waals surface area contributed by atoms with Crippen LogP contribution in [-0.2, 0) is 11.8 Å². The quantitative estimate of drug-likeness (QED) is 0.859. The van der Waals surface area contributed by atoms with Crippen LogP contribution in [0.4, 0.5) is 0 Å². The zero-order chi connectivity index (χ0) is 18.8. The van der Waals surface area contributed by atoms with Crippen molar-refractivity contribution in [2.45, 2.75) is 72.3 Å². The lowest BCUT2D eigenvalue weighted by Gasteiger charge is -2.43. The Morgan fingerprint density at radius 3 is 2.64 bits per heavy atom. The maximum Gasteiger partial charge on any atom is 0.227 e. The Bertz CT molecular complexity index is 605. The Hall–Kier alpha value is -1.36. The number of piperidine rings is 1. The van der Waals surface area contributed by atoms with E-state index in [0.29, 0.717) is 6.54 Å². The number of hydrogen-bond acceptors (Lipinski definition) is 3. The van der Waals surface area contributed by atoms with Gasteiger partial charge in [-0.2, -0.15) is 5.10 Å². The number of amides is 1. The molecule has 1 saturated heterocycles. The molecule has 0 spiro atoms. The number of rotatable bonds is 6. The fraction of sp³-hybridized carbons (Fsp3) is 0.800. The smallest absolute Gasteiger partial charge is 0.227 e. The molecule has 1 fully saturated rings. The first kappa shape index (κ1) is 20.0. The van der Waals surface area contributed by atoms with Crippen LogP contribution in [0, 0.1) is 19.8 Å². The number of carbonyl (C=O) groups is 1. The summed E-state index contributed by atoms with van der Waals surface area (Å²) in [7, 11) is 1.93. The summed E-state index contributed by atoms with van der Waals surface area (Å²) >= 11 is 0. The summed E-state index contributed by atoms with van der Waals surface area (Å²) in [4.78, 5) is 15.3. The fourth-order valence-corrected chi connectivity index (χ4v) is 4.06. The summed E-state index contributed by atoms with van der Waals surface area (Å²) in [5.74, 6) is 0.717. The van der Waals surface area contributed by atoms with Crippen LogP contribution in [0.5, 0.6) is 0 Å². The number of aromatic nitrogens is 2. The Morgan fingerprint density at radius 1 is 1.40 bits per heavy atom. The molecular weight excluding hydrogens is 312 g/mol. The van der Waals surface area contributed by atoms with E-state index in [1.54, 1.807) is 0 Å². The maximum atomic E-state index is 12.7. The van der Waals surface area contributed by atoms with E-state index >= 15 is 0 Å². The van der Waals surface area contributed by atoms with Crippen molar-refractivity contribution < 1.29 is 4.79 Å². The molecule has 25 heavy (non-hydrogen) atoms. The number of aryl methyl sites for hydroxylation is 2. The number of nitrogens with one attached hydrogen (secondary N) is 1. The van der Waals surface area contributed by atoms with Gasteiger partial charge in [-0.05, 0) is 59.9 Å². The predicted molar refractivity (Wildman–Crippen MR) is 103 cm³/mol. The molecule has 0 saturated carbocycles. The van der Waals surface area contributed by atoms with Crippen molar-refractivity contribution in [1.82, 2.24) is 20.0 Å². The van der Waals surface area contributed by atoms with Gasteiger partial charge in [-0.3, -0.25) is 14.4 Å². The van der Waals surface area contributed by atoms with Crippen LogP contribution < -0.4 is 5.32 Å². The third-order valence-corrected chi connectivity index (χ3v) is 6.04. The summed E-state index contributed by atoms with van der Waals surface area (Å²) in [5.41, 5.74) is 3.06. The minimum Gasteiger partial charge on any atom is -0.354 e. The maximum absolute atomic E-state index is 12.7. The molecule has 5 heteroatoms. The average Bonchev–Trinajstić information content (AvgIpc) is 2.84. The van der Waals surface area contributed by atoms with Crippen molar-refractivity contribution in [1.29, 1.82) is 0 Å². The van der Waals surface area contributed by atoms with Crippen molar-refractivity contribution in [3.8, 4) is 0 Å². The first-order valence-electron chi connectivity index (χ1n) is 9.70. The molecule has 2 atom stereocenters. The summed E-state index contributed by atoms with van der Waals surface area (Å²) in [6.45, 7) is 15.7. The zero-order valence-electron chi connectivity index (χ0n) is 17.1. The van der Waals surface area contributed by atoms with E-state index in [2.05, 4.69) is 36.1 Å². The largest absolute Gasteiger partial charge is 0.354 e. The highest BCUT2D eigenvalue weighted by Crippen LogP contribution is 2.26. The molecule has 1 N–H and O–H groups in total. The lowest BCUT2D eigenvalue weighted by molar-refractivity contribution is -0.122. The molecule has 1 aliphatic heterocycles. The van der Waals surface area contributed by atoms with Crippen molar-refractivity contribution in [2.75, 3.05) is 19.6 Å². The van der Waals surface area contributed by atoms with Crippen molar-refractivity contribution in [2.24, 2.45) is 13.0 Å². The lowest BCUT2D eigenvalue weighted by atomic mass is 9.90. The Balaban J connectivity index is 1.98. The Morgan fingerprint density at radius 2 is 2.08 bits per heavy atom. The Labute approximate surface area is 153 Å². The first-order valence-corrected chi connectivity index (χ1v) is 9.70. The van der Waals surface area contributed by atoms with Gasteiger partial charge in [-0.25, -0.2) is 0 Å². The second-order valence-corrected chi connectivity index (χ2v) is 8.32. The van der Waals surface area contributed by atoms with Crippen LogP contribution in [-0.4, -0.2) is 45.8 Å². The highest BCUT2D eigenvalue weighted by atomic mass is 16.1. The van der Waals surface area contributed by atoms with Gasteiger partial charge in [-0.15, -0.1) is 0 Å². The third kappa shape index (κ3) is 4.43. The van der Waals surface area contributed by atoms with Crippen LogP contribution in [0.1, 0.15) is 69.8 Å². The summed E-state index contributed by atoms with van der Waals surface area (Å²) in [5, 5.41) is 7.64. The van der Waals surface area contributed by atoms with Crippen molar-refractivity contribution in [3.63, 3.8) is 0 Å². The second-order valence-electron chi connectivity index (χ2n) is 8.32. The van der Waals surface area contributed by atoms with Gasteiger partial charge in [0.05, 0.1) is 11.6 Å². The van der Waals surface area contributed by atoms with Crippen molar-refractivity contribution in [3.05, 3.63) is 17.0 Å². The number of hydrogen-bond donors (Lipinski definition) is 1. The second kappa shape index (κ2) is 7.90. The third-order valence-electron chi connectivity index (χ3n) is 6.04. The van der Waals surface area contributed by atoms with Gasteiger partial charge in [0.15, 0.2) is 0 Å². The molecule has 0 aliphatic carbocycles. The molecule has 142 valence electrons. The van der Waals surface area contributed by atoms with Crippen LogP contribution >= 0.6 is 0 Å². The van der Waals surface area contributed by atoms with Crippen LogP contribution in [0.3, 0.4) is 0 Å². The molecule has 0 aromatic carbocycles. The first-order chi connectivity index (χ1) is 11.7. The van der Waals surface area contributed by atoms with E-state index in [0.717, 1.165) is 36.0 Å². The number of likely N-dealkylation sites (tertiary alicyclic amines) is 1. The van der Waals surface area contributed by atoms with Gasteiger partial charge in [0.25, 0.3) is 0 Å². The van der Waals surface area contributed by atoms with Crippen LogP contribution in [0.15, 0.2) is 0 Å². The van der Waals surface area contributed by atoms with Gasteiger partial charge >= 0.3 is 0 Å². The number of nitrogens with zero attached hydrogens (tertiary/aromatic N) is 3. The monoisotopic (exact) mass is 348 g/mol. The van der Waals surface area contributed by atoms with E-state index in [4.69, 9.17) is 0 Å². The van der Waals surface area contributed by atoms with Gasteiger partial charge in [-0.1, -0.05) is 13.3 Å². The summed E-state index contributed by atoms with van der Waals surface area (Å²) in [6.07, 6.45) is 3.85. The van der Waals surface area contributed by atoms with Gasteiger partial charge in [0, 0.05) is 36.9 Å². The lowest BCUT2D eigenvalue weighted by Crippen LogP contribution is -2.55. The topological polar surface area (TPSA) is 50.2 Å². The predicted octanol–water partition coefficient (Wildman–Crippen LogP) is 3.16. The molecule has 5 nitrogen and oxygen atoms in total. The number of carbonyl (C=O) groups excluding carboxylic acids is 1. The Kier molecular flexibility index (Phi) is 6.30. The zero-order valence-corrected chi connectivity index (χ0v) is 17.1. The van der Waals surface area contributed by atoms with E-state index in [1.807, 2.05) is 32.5 Å². The molecule has 1 aromatic rings. The fourth-order valence-electron chi connectivity index (χ4n) is 4.06. The molecular formula is C20H36N4O.